The molecule has 1 aromatic carbocycles. The van der Waals surface area contributed by atoms with Gasteiger partial charge in [0, 0.05) is 18.7 Å². The highest BCUT2D eigenvalue weighted by Gasteiger charge is 2.21. The monoisotopic (exact) mass is 385 g/mol. The van der Waals surface area contributed by atoms with Gasteiger partial charge in [-0.2, -0.15) is 0 Å². The van der Waals surface area contributed by atoms with E-state index >= 15 is 0 Å². The summed E-state index contributed by atoms with van der Waals surface area (Å²) in [6.45, 7) is 8.83. The van der Waals surface area contributed by atoms with Crippen molar-refractivity contribution in [2.45, 2.75) is 51.0 Å². The van der Waals surface area contributed by atoms with E-state index in [4.69, 9.17) is 14.5 Å². The maximum Gasteiger partial charge on any atom is 0.216 e. The van der Waals surface area contributed by atoms with Gasteiger partial charge in [-0.1, -0.05) is 6.42 Å². The zero-order chi connectivity index (χ0) is 19.0. The maximum absolute atomic E-state index is 5.92. The molecule has 0 spiro atoms. The molecule has 2 saturated heterocycles. The van der Waals surface area contributed by atoms with Gasteiger partial charge in [-0.15, -0.1) is 0 Å². The Labute approximate surface area is 169 Å². The Morgan fingerprint density at radius 1 is 0.893 bits per heavy atom. The molecule has 1 unspecified atom stereocenters. The fourth-order valence-electron chi connectivity index (χ4n) is 4.41. The second-order valence-corrected chi connectivity index (χ2v) is 8.37. The fraction of sp³-hybridized carbons (Fsp3) is 0.696. The molecule has 0 aromatic heterocycles. The predicted octanol–water partition coefficient (Wildman–Crippen LogP) is 3.57. The molecule has 154 valence electrons. The molecule has 2 fully saturated rings. The molecule has 1 atom stereocenters. The Balaban J connectivity index is 1.18. The Morgan fingerprint density at radius 2 is 1.57 bits per heavy atom. The molecule has 0 radical (unpaired) electrons. The number of rotatable bonds is 9. The Hall–Kier alpha value is -1.59. The number of benzene rings is 1. The molecule has 5 nitrogen and oxygen atoms in total. The summed E-state index contributed by atoms with van der Waals surface area (Å²) < 4.78 is 11.8. The van der Waals surface area contributed by atoms with Crippen LogP contribution in [0, 0.1) is 0 Å². The SMILES string of the molecule is c1cc(C2=NC(CCN3CCCC3)CO2)ccc1OCCCN1CCCCC1. The first-order chi connectivity index (χ1) is 13.9. The third-order valence-electron chi connectivity index (χ3n) is 6.13. The van der Waals surface area contributed by atoms with Gasteiger partial charge in [-0.3, -0.25) is 0 Å². The highest BCUT2D eigenvalue weighted by Crippen LogP contribution is 2.19. The lowest BCUT2D eigenvalue weighted by Crippen LogP contribution is -2.31. The summed E-state index contributed by atoms with van der Waals surface area (Å²) in [6, 6.07) is 8.53. The van der Waals surface area contributed by atoms with Gasteiger partial charge >= 0.3 is 0 Å². The first-order valence-corrected chi connectivity index (χ1v) is 11.3. The van der Waals surface area contributed by atoms with E-state index in [2.05, 4.69) is 21.9 Å². The van der Waals surface area contributed by atoms with E-state index in [-0.39, 0.29) is 0 Å². The molecule has 3 aliphatic heterocycles. The quantitative estimate of drug-likeness (QED) is 0.609. The van der Waals surface area contributed by atoms with Crippen LogP contribution in [0.4, 0.5) is 0 Å². The summed E-state index contributed by atoms with van der Waals surface area (Å²) in [7, 11) is 0. The Kier molecular flexibility index (Phi) is 7.23. The summed E-state index contributed by atoms with van der Waals surface area (Å²) in [5, 5.41) is 0. The molecule has 0 N–H and O–H groups in total. The zero-order valence-corrected chi connectivity index (χ0v) is 17.2. The van der Waals surface area contributed by atoms with Gasteiger partial charge in [-0.05, 0) is 89.0 Å². The standard InChI is InChI=1S/C23H35N3O2/c1-2-12-25(13-3-1)16-6-18-27-22-9-7-20(8-10-22)23-24-21(19-28-23)11-17-26-14-4-5-15-26/h7-10,21H,1-6,11-19H2. The summed E-state index contributed by atoms with van der Waals surface area (Å²) in [5.74, 6) is 1.73. The van der Waals surface area contributed by atoms with Gasteiger partial charge in [0.1, 0.15) is 12.4 Å². The molecule has 28 heavy (non-hydrogen) atoms. The van der Waals surface area contributed by atoms with E-state index in [1.54, 1.807) is 0 Å². The van der Waals surface area contributed by atoms with Crippen molar-refractivity contribution in [3.8, 4) is 5.75 Å². The number of hydrogen-bond donors (Lipinski definition) is 0. The van der Waals surface area contributed by atoms with Gasteiger partial charge in [-0.25, -0.2) is 4.99 Å². The molecular formula is C23H35N3O2. The van der Waals surface area contributed by atoms with E-state index in [0.717, 1.165) is 56.4 Å². The normalized spacial score (nSPS) is 23.6. The van der Waals surface area contributed by atoms with Crippen LogP contribution in [0.5, 0.6) is 5.75 Å². The van der Waals surface area contributed by atoms with Crippen LogP contribution in [0.2, 0.25) is 0 Å². The molecule has 0 bridgehead atoms. The van der Waals surface area contributed by atoms with Crippen molar-refractivity contribution in [3.05, 3.63) is 29.8 Å². The van der Waals surface area contributed by atoms with Crippen LogP contribution in [0.15, 0.2) is 29.3 Å². The van der Waals surface area contributed by atoms with Crippen molar-refractivity contribution in [3.63, 3.8) is 0 Å². The van der Waals surface area contributed by atoms with Crippen LogP contribution in [0.3, 0.4) is 0 Å². The summed E-state index contributed by atoms with van der Waals surface area (Å²) in [5.41, 5.74) is 1.06. The first kappa shape index (κ1) is 19.7. The minimum Gasteiger partial charge on any atom is -0.494 e. The lowest BCUT2D eigenvalue weighted by atomic mass is 10.1. The molecule has 3 aliphatic rings. The topological polar surface area (TPSA) is 37.3 Å². The molecule has 3 heterocycles. The van der Waals surface area contributed by atoms with Crippen molar-refractivity contribution in [2.75, 3.05) is 52.5 Å². The number of ether oxygens (including phenoxy) is 2. The summed E-state index contributed by atoms with van der Waals surface area (Å²) in [4.78, 5) is 9.91. The van der Waals surface area contributed by atoms with E-state index in [0.29, 0.717) is 6.04 Å². The van der Waals surface area contributed by atoms with Crippen molar-refractivity contribution in [1.29, 1.82) is 0 Å². The van der Waals surface area contributed by atoms with Crippen molar-refractivity contribution in [2.24, 2.45) is 4.99 Å². The van der Waals surface area contributed by atoms with Gasteiger partial charge in [0.25, 0.3) is 0 Å². The van der Waals surface area contributed by atoms with E-state index in [9.17, 15) is 0 Å². The van der Waals surface area contributed by atoms with Crippen LogP contribution >= 0.6 is 0 Å². The van der Waals surface area contributed by atoms with Gasteiger partial charge in [0.05, 0.1) is 12.6 Å². The highest BCUT2D eigenvalue weighted by molar-refractivity contribution is 5.95. The van der Waals surface area contributed by atoms with Crippen molar-refractivity contribution >= 4 is 5.90 Å². The second kappa shape index (κ2) is 10.3. The largest absolute Gasteiger partial charge is 0.494 e. The van der Waals surface area contributed by atoms with Crippen molar-refractivity contribution < 1.29 is 9.47 Å². The highest BCUT2D eigenvalue weighted by atomic mass is 16.5. The van der Waals surface area contributed by atoms with E-state index in [1.165, 1.54) is 58.3 Å². The van der Waals surface area contributed by atoms with Gasteiger partial charge in [0.15, 0.2) is 0 Å². The maximum atomic E-state index is 5.92. The van der Waals surface area contributed by atoms with Gasteiger partial charge in [0.2, 0.25) is 5.90 Å². The smallest absolute Gasteiger partial charge is 0.216 e. The minimum atomic E-state index is 0.307. The summed E-state index contributed by atoms with van der Waals surface area (Å²) in [6.07, 6.45) is 9.00. The lowest BCUT2D eigenvalue weighted by molar-refractivity contribution is 0.205. The number of aliphatic imine (C=N–C) groups is 1. The van der Waals surface area contributed by atoms with E-state index < -0.39 is 0 Å². The third kappa shape index (κ3) is 5.71. The molecule has 1 aromatic rings. The molecule has 4 rings (SSSR count). The number of piperidine rings is 1. The van der Waals surface area contributed by atoms with E-state index in [1.807, 2.05) is 12.1 Å². The predicted molar refractivity (Wildman–Crippen MR) is 113 cm³/mol. The number of likely N-dealkylation sites (tertiary alicyclic amines) is 2. The summed E-state index contributed by atoms with van der Waals surface area (Å²) >= 11 is 0. The van der Waals surface area contributed by atoms with Crippen LogP contribution in [0.25, 0.3) is 0 Å². The van der Waals surface area contributed by atoms with Crippen molar-refractivity contribution in [1.82, 2.24) is 9.80 Å². The van der Waals surface area contributed by atoms with Gasteiger partial charge < -0.3 is 19.3 Å². The number of hydrogen-bond acceptors (Lipinski definition) is 5. The van der Waals surface area contributed by atoms with Crippen LogP contribution < -0.4 is 4.74 Å². The number of nitrogens with zero attached hydrogens (tertiary/aromatic N) is 3. The molecule has 5 heteroatoms. The minimum absolute atomic E-state index is 0.307. The molecule has 0 saturated carbocycles. The molecule has 0 aliphatic carbocycles. The fourth-order valence-corrected chi connectivity index (χ4v) is 4.41. The average Bonchev–Trinajstić information content (AvgIpc) is 3.43. The first-order valence-electron chi connectivity index (χ1n) is 11.3. The average molecular weight is 386 g/mol. The Morgan fingerprint density at radius 3 is 2.32 bits per heavy atom. The molecular weight excluding hydrogens is 350 g/mol. The second-order valence-electron chi connectivity index (χ2n) is 8.37. The lowest BCUT2D eigenvalue weighted by Gasteiger charge is -2.26. The van der Waals surface area contributed by atoms with Crippen LogP contribution in [-0.2, 0) is 4.74 Å². The Bertz CT molecular complexity index is 619. The molecule has 0 amide bonds. The third-order valence-corrected chi connectivity index (χ3v) is 6.13. The zero-order valence-electron chi connectivity index (χ0n) is 17.2. The van der Waals surface area contributed by atoms with Crippen LogP contribution in [-0.4, -0.2) is 74.2 Å². The van der Waals surface area contributed by atoms with Crippen LogP contribution in [0.1, 0.15) is 50.5 Å².